The van der Waals surface area contributed by atoms with Crippen molar-refractivity contribution in [3.8, 4) is 11.8 Å². The molecule has 0 aliphatic heterocycles. The third kappa shape index (κ3) is 4.04. The smallest absolute Gasteiger partial charge is 0.0489 e. The standard InChI is InChI=1S/C11H9Cl2N3/c12-8-10-7-9(4-5-11(10)13)3-1-2-6-15-16-14/h4-5,7H,2,6,8H2. The van der Waals surface area contributed by atoms with E-state index in [1.54, 1.807) is 6.07 Å². The van der Waals surface area contributed by atoms with Crippen LogP contribution >= 0.6 is 23.2 Å². The van der Waals surface area contributed by atoms with Gasteiger partial charge in [0.15, 0.2) is 0 Å². The van der Waals surface area contributed by atoms with E-state index < -0.39 is 0 Å². The zero-order valence-corrected chi connectivity index (χ0v) is 9.96. The van der Waals surface area contributed by atoms with Gasteiger partial charge in [-0.25, -0.2) is 0 Å². The second kappa shape index (κ2) is 7.03. The highest BCUT2D eigenvalue weighted by molar-refractivity contribution is 6.32. The molecule has 0 amide bonds. The highest BCUT2D eigenvalue weighted by Crippen LogP contribution is 2.18. The van der Waals surface area contributed by atoms with Crippen molar-refractivity contribution in [2.45, 2.75) is 12.3 Å². The molecule has 1 aromatic carbocycles. The van der Waals surface area contributed by atoms with Gasteiger partial charge in [-0.05, 0) is 29.3 Å². The summed E-state index contributed by atoms with van der Waals surface area (Å²) >= 11 is 11.6. The molecule has 0 heterocycles. The Kier molecular flexibility index (Phi) is 5.60. The second-order valence-electron chi connectivity index (χ2n) is 2.95. The molecule has 0 fully saturated rings. The van der Waals surface area contributed by atoms with Gasteiger partial charge >= 0.3 is 0 Å². The Labute approximate surface area is 104 Å². The molecule has 0 aromatic heterocycles. The lowest BCUT2D eigenvalue weighted by molar-refractivity contribution is 1.01. The first-order chi connectivity index (χ1) is 7.77. The molecule has 0 saturated heterocycles. The largest absolute Gasteiger partial charge is 0.121 e. The third-order valence-electron chi connectivity index (χ3n) is 1.82. The quantitative estimate of drug-likeness (QED) is 0.194. The Morgan fingerprint density at radius 2 is 2.25 bits per heavy atom. The maximum Gasteiger partial charge on any atom is 0.0489 e. The molecule has 1 aromatic rings. The maximum absolute atomic E-state index is 8.06. The SMILES string of the molecule is [N-]=[N+]=NCCC#Cc1ccc(Cl)c(CCl)c1. The fourth-order valence-electron chi connectivity index (χ4n) is 1.07. The van der Waals surface area contributed by atoms with Crippen LogP contribution in [-0.4, -0.2) is 6.54 Å². The molecule has 0 radical (unpaired) electrons. The molecule has 3 nitrogen and oxygen atoms in total. The van der Waals surface area contributed by atoms with Crippen molar-refractivity contribution in [3.05, 3.63) is 44.8 Å². The van der Waals surface area contributed by atoms with E-state index in [1.165, 1.54) is 0 Å². The van der Waals surface area contributed by atoms with Crippen molar-refractivity contribution in [1.29, 1.82) is 0 Å². The number of benzene rings is 1. The lowest BCUT2D eigenvalue weighted by Gasteiger charge is -1.99. The van der Waals surface area contributed by atoms with Crippen LogP contribution in [0.2, 0.25) is 5.02 Å². The van der Waals surface area contributed by atoms with Gasteiger partial charge in [-0.15, -0.1) is 11.6 Å². The zero-order valence-electron chi connectivity index (χ0n) is 8.45. The molecule has 0 saturated carbocycles. The van der Waals surface area contributed by atoms with Gasteiger partial charge in [0.05, 0.1) is 0 Å². The number of halogens is 2. The highest BCUT2D eigenvalue weighted by Gasteiger charge is 1.98. The van der Waals surface area contributed by atoms with Crippen LogP contribution in [0.1, 0.15) is 17.5 Å². The topological polar surface area (TPSA) is 48.8 Å². The minimum Gasteiger partial charge on any atom is -0.121 e. The Bertz CT molecular complexity index is 468. The van der Waals surface area contributed by atoms with Crippen LogP contribution in [0.15, 0.2) is 23.3 Å². The van der Waals surface area contributed by atoms with E-state index in [0.717, 1.165) is 11.1 Å². The number of hydrogen-bond donors (Lipinski definition) is 0. The van der Waals surface area contributed by atoms with Crippen molar-refractivity contribution in [3.63, 3.8) is 0 Å². The summed E-state index contributed by atoms with van der Waals surface area (Å²) < 4.78 is 0. The Morgan fingerprint density at radius 3 is 2.94 bits per heavy atom. The monoisotopic (exact) mass is 253 g/mol. The van der Waals surface area contributed by atoms with Crippen LogP contribution < -0.4 is 0 Å². The lowest BCUT2D eigenvalue weighted by Crippen LogP contribution is -1.83. The minimum atomic E-state index is 0.368. The van der Waals surface area contributed by atoms with Crippen molar-refractivity contribution in [2.75, 3.05) is 6.54 Å². The van der Waals surface area contributed by atoms with Crippen LogP contribution in [0.5, 0.6) is 0 Å². The summed E-state index contributed by atoms with van der Waals surface area (Å²) in [6, 6.07) is 5.46. The first kappa shape index (κ1) is 12.7. The zero-order chi connectivity index (χ0) is 11.8. The fraction of sp³-hybridized carbons (Fsp3) is 0.273. The van der Waals surface area contributed by atoms with E-state index in [2.05, 4.69) is 21.9 Å². The minimum absolute atomic E-state index is 0.368. The summed E-state index contributed by atoms with van der Waals surface area (Å²) in [5.41, 5.74) is 9.79. The van der Waals surface area contributed by atoms with E-state index in [0.29, 0.717) is 23.9 Å². The van der Waals surface area contributed by atoms with E-state index in [1.807, 2.05) is 12.1 Å². The van der Waals surface area contributed by atoms with Crippen LogP contribution in [0.25, 0.3) is 10.4 Å². The summed E-state index contributed by atoms with van der Waals surface area (Å²) in [6.45, 7) is 0.388. The molecule has 0 bridgehead atoms. The molecule has 1 rings (SSSR count). The van der Waals surface area contributed by atoms with Gasteiger partial charge in [-0.2, -0.15) is 0 Å². The fourth-order valence-corrected chi connectivity index (χ4v) is 1.54. The maximum atomic E-state index is 8.06. The number of hydrogen-bond acceptors (Lipinski definition) is 1. The molecule has 0 aliphatic carbocycles. The van der Waals surface area contributed by atoms with Gasteiger partial charge in [0.1, 0.15) is 0 Å². The van der Waals surface area contributed by atoms with Gasteiger partial charge in [0, 0.05) is 34.3 Å². The summed E-state index contributed by atoms with van der Waals surface area (Å²) in [6.07, 6.45) is 0.545. The number of rotatable bonds is 3. The lowest BCUT2D eigenvalue weighted by atomic mass is 10.1. The average Bonchev–Trinajstić information content (AvgIpc) is 2.31. The van der Waals surface area contributed by atoms with E-state index >= 15 is 0 Å². The molecule has 82 valence electrons. The first-order valence-electron chi connectivity index (χ1n) is 4.62. The average molecular weight is 254 g/mol. The van der Waals surface area contributed by atoms with Crippen molar-refractivity contribution in [1.82, 2.24) is 0 Å². The summed E-state index contributed by atoms with van der Waals surface area (Å²) in [7, 11) is 0. The van der Waals surface area contributed by atoms with Gasteiger partial charge < -0.3 is 0 Å². The van der Waals surface area contributed by atoms with Crippen LogP contribution in [0.4, 0.5) is 0 Å². The normalized spacial score (nSPS) is 8.88. The highest BCUT2D eigenvalue weighted by atomic mass is 35.5. The molecule has 16 heavy (non-hydrogen) atoms. The van der Waals surface area contributed by atoms with Crippen LogP contribution in [0.3, 0.4) is 0 Å². The van der Waals surface area contributed by atoms with Gasteiger partial charge in [0.25, 0.3) is 0 Å². The molecule has 0 unspecified atom stereocenters. The molecule has 0 N–H and O–H groups in total. The predicted molar refractivity (Wildman–Crippen MR) is 66.5 cm³/mol. The van der Waals surface area contributed by atoms with E-state index in [4.69, 9.17) is 28.7 Å². The van der Waals surface area contributed by atoms with Crippen molar-refractivity contribution < 1.29 is 0 Å². The summed E-state index contributed by atoms with van der Waals surface area (Å²) in [5.74, 6) is 6.23. The van der Waals surface area contributed by atoms with Crippen molar-refractivity contribution >= 4 is 23.2 Å². The molecule has 0 aliphatic rings. The summed E-state index contributed by atoms with van der Waals surface area (Å²) in [5, 5.41) is 4.03. The van der Waals surface area contributed by atoms with Gasteiger partial charge in [-0.1, -0.05) is 28.6 Å². The molecule has 0 atom stereocenters. The van der Waals surface area contributed by atoms with Crippen molar-refractivity contribution in [2.24, 2.45) is 5.11 Å². The Morgan fingerprint density at radius 1 is 1.44 bits per heavy atom. The predicted octanol–water partition coefficient (Wildman–Crippen LogP) is 4.13. The summed E-state index contributed by atoms with van der Waals surface area (Å²) in [4.78, 5) is 2.64. The van der Waals surface area contributed by atoms with E-state index in [9.17, 15) is 0 Å². The number of nitrogens with zero attached hydrogens (tertiary/aromatic N) is 3. The van der Waals surface area contributed by atoms with Crippen LogP contribution in [0, 0.1) is 11.8 Å². The Balaban J connectivity index is 2.70. The molecular formula is C11H9Cl2N3. The molecule has 0 spiro atoms. The second-order valence-corrected chi connectivity index (χ2v) is 3.62. The number of alkyl halides is 1. The van der Waals surface area contributed by atoms with Gasteiger partial charge in [-0.3, -0.25) is 0 Å². The first-order valence-corrected chi connectivity index (χ1v) is 5.53. The molecule has 5 heteroatoms. The van der Waals surface area contributed by atoms with E-state index in [-0.39, 0.29) is 0 Å². The Hall–Kier alpha value is -1.33. The molecular weight excluding hydrogens is 245 g/mol. The van der Waals surface area contributed by atoms with Gasteiger partial charge in [0.2, 0.25) is 0 Å². The van der Waals surface area contributed by atoms with Crippen LogP contribution in [-0.2, 0) is 5.88 Å². The third-order valence-corrected chi connectivity index (χ3v) is 2.48. The number of azide groups is 1.